The van der Waals surface area contributed by atoms with Gasteiger partial charge in [-0.3, -0.25) is 5.41 Å². The highest BCUT2D eigenvalue weighted by atomic mass is 15.1. The molecule has 0 spiro atoms. The minimum Gasteiger partial charge on any atom is -0.363 e. The number of hydrogen-bond acceptors (Lipinski definition) is 1. The van der Waals surface area contributed by atoms with Gasteiger partial charge in [0.1, 0.15) is 0 Å². The first-order valence-electron chi connectivity index (χ1n) is 5.44. The van der Waals surface area contributed by atoms with Crippen molar-refractivity contribution in [1.82, 2.24) is 4.90 Å². The Labute approximate surface area is 92.4 Å². The van der Waals surface area contributed by atoms with Crippen LogP contribution in [0.15, 0.2) is 30.3 Å². The molecule has 82 valence electrons. The zero-order valence-electron chi connectivity index (χ0n) is 9.83. The second-order valence-electron chi connectivity index (χ2n) is 4.20. The van der Waals surface area contributed by atoms with E-state index in [9.17, 15) is 0 Å². The highest BCUT2D eigenvalue weighted by molar-refractivity contribution is 5.80. The molecule has 1 rings (SSSR count). The van der Waals surface area contributed by atoms with E-state index in [2.05, 4.69) is 38.1 Å². The average molecular weight is 204 g/mol. The van der Waals surface area contributed by atoms with Crippen molar-refractivity contribution in [1.29, 1.82) is 5.41 Å². The highest BCUT2D eigenvalue weighted by Crippen LogP contribution is 2.03. The smallest absolute Gasteiger partial charge is 0.0981 e. The average Bonchev–Trinajstić information content (AvgIpc) is 2.26. The second-order valence-corrected chi connectivity index (χ2v) is 4.20. The molecule has 0 aliphatic carbocycles. The van der Waals surface area contributed by atoms with E-state index >= 15 is 0 Å². The molecule has 0 atom stereocenters. The van der Waals surface area contributed by atoms with Crippen molar-refractivity contribution in [2.75, 3.05) is 13.6 Å². The molecule has 0 saturated carbocycles. The van der Waals surface area contributed by atoms with Crippen molar-refractivity contribution >= 4 is 5.84 Å². The summed E-state index contributed by atoms with van der Waals surface area (Å²) in [4.78, 5) is 2.03. The summed E-state index contributed by atoms with van der Waals surface area (Å²) in [6, 6.07) is 10.4. The number of rotatable bonds is 4. The van der Waals surface area contributed by atoms with E-state index in [1.807, 2.05) is 18.0 Å². The van der Waals surface area contributed by atoms with Crippen LogP contribution in [-0.2, 0) is 6.42 Å². The van der Waals surface area contributed by atoms with Crippen LogP contribution in [0.1, 0.15) is 19.4 Å². The lowest BCUT2D eigenvalue weighted by molar-refractivity contribution is 0.476. The van der Waals surface area contributed by atoms with Gasteiger partial charge in [0.05, 0.1) is 5.84 Å². The van der Waals surface area contributed by atoms with Crippen molar-refractivity contribution in [3.05, 3.63) is 35.9 Å². The molecular weight excluding hydrogens is 184 g/mol. The molecule has 1 aromatic rings. The summed E-state index contributed by atoms with van der Waals surface area (Å²) >= 11 is 0. The standard InChI is InChI=1S/C13H20N2/c1-11(2)13(14)15(3)10-9-12-7-5-4-6-8-12/h4-8,11,14H,9-10H2,1-3H3. The summed E-state index contributed by atoms with van der Waals surface area (Å²) in [5, 5.41) is 7.84. The van der Waals surface area contributed by atoms with E-state index in [1.54, 1.807) is 0 Å². The van der Waals surface area contributed by atoms with E-state index in [0.29, 0.717) is 11.8 Å². The number of benzene rings is 1. The maximum atomic E-state index is 7.84. The minimum absolute atomic E-state index is 0.311. The normalized spacial score (nSPS) is 10.4. The van der Waals surface area contributed by atoms with Gasteiger partial charge >= 0.3 is 0 Å². The van der Waals surface area contributed by atoms with Gasteiger partial charge in [0.2, 0.25) is 0 Å². The molecule has 0 amide bonds. The molecule has 0 unspecified atom stereocenters. The van der Waals surface area contributed by atoms with E-state index in [1.165, 1.54) is 5.56 Å². The number of nitrogens with one attached hydrogen (secondary N) is 1. The molecule has 0 aromatic heterocycles. The van der Waals surface area contributed by atoms with Crippen LogP contribution in [0.2, 0.25) is 0 Å². The largest absolute Gasteiger partial charge is 0.363 e. The molecule has 0 aliphatic heterocycles. The third-order valence-corrected chi connectivity index (χ3v) is 2.54. The number of likely N-dealkylation sites (N-methyl/N-ethyl adjacent to an activating group) is 1. The van der Waals surface area contributed by atoms with Crippen molar-refractivity contribution < 1.29 is 0 Å². The fourth-order valence-corrected chi connectivity index (χ4v) is 1.50. The third-order valence-electron chi connectivity index (χ3n) is 2.54. The van der Waals surface area contributed by atoms with Crippen molar-refractivity contribution in [3.63, 3.8) is 0 Å². The summed E-state index contributed by atoms with van der Waals surface area (Å²) in [6.07, 6.45) is 1.01. The van der Waals surface area contributed by atoms with Gasteiger partial charge < -0.3 is 4.90 Å². The molecule has 1 aromatic carbocycles. The summed E-state index contributed by atoms with van der Waals surface area (Å²) in [6.45, 7) is 5.03. The van der Waals surface area contributed by atoms with Crippen LogP contribution in [0.3, 0.4) is 0 Å². The Bertz CT molecular complexity index is 304. The summed E-state index contributed by atoms with van der Waals surface area (Å²) < 4.78 is 0. The Hall–Kier alpha value is -1.31. The maximum absolute atomic E-state index is 7.84. The molecule has 0 radical (unpaired) electrons. The van der Waals surface area contributed by atoms with Gasteiger partial charge in [-0.05, 0) is 12.0 Å². The van der Waals surface area contributed by atoms with Gasteiger partial charge in [0.15, 0.2) is 0 Å². The Balaban J connectivity index is 2.41. The van der Waals surface area contributed by atoms with Gasteiger partial charge in [-0.1, -0.05) is 44.2 Å². The molecule has 0 heterocycles. The molecule has 2 nitrogen and oxygen atoms in total. The van der Waals surface area contributed by atoms with Crippen LogP contribution in [0.25, 0.3) is 0 Å². The first-order chi connectivity index (χ1) is 7.11. The van der Waals surface area contributed by atoms with Gasteiger partial charge in [-0.15, -0.1) is 0 Å². The molecule has 1 N–H and O–H groups in total. The topological polar surface area (TPSA) is 27.1 Å². The molecule has 0 bridgehead atoms. The van der Waals surface area contributed by atoms with Gasteiger partial charge in [0.25, 0.3) is 0 Å². The number of hydrogen-bond donors (Lipinski definition) is 1. The van der Waals surface area contributed by atoms with Crippen LogP contribution < -0.4 is 0 Å². The monoisotopic (exact) mass is 204 g/mol. The fourth-order valence-electron chi connectivity index (χ4n) is 1.50. The molecule has 2 heteroatoms. The lowest BCUT2D eigenvalue weighted by Gasteiger charge is -2.22. The van der Waals surface area contributed by atoms with Crippen LogP contribution in [0, 0.1) is 11.3 Å². The maximum Gasteiger partial charge on any atom is 0.0981 e. The number of amidine groups is 1. The predicted octanol–water partition coefficient (Wildman–Crippen LogP) is 2.79. The van der Waals surface area contributed by atoms with E-state index in [-0.39, 0.29) is 0 Å². The Kier molecular flexibility index (Phi) is 4.35. The van der Waals surface area contributed by atoms with Crippen molar-refractivity contribution in [2.24, 2.45) is 5.92 Å². The molecule has 0 fully saturated rings. The fraction of sp³-hybridized carbons (Fsp3) is 0.462. The Morgan fingerprint density at radius 1 is 1.27 bits per heavy atom. The molecule has 15 heavy (non-hydrogen) atoms. The third kappa shape index (κ3) is 3.74. The summed E-state index contributed by atoms with van der Waals surface area (Å²) in [5.41, 5.74) is 1.33. The molecular formula is C13H20N2. The van der Waals surface area contributed by atoms with E-state index < -0.39 is 0 Å². The lowest BCUT2D eigenvalue weighted by Crippen LogP contribution is -2.31. The van der Waals surface area contributed by atoms with Gasteiger partial charge in [0, 0.05) is 19.5 Å². The van der Waals surface area contributed by atoms with E-state index in [4.69, 9.17) is 5.41 Å². The van der Waals surface area contributed by atoms with Crippen molar-refractivity contribution in [2.45, 2.75) is 20.3 Å². The van der Waals surface area contributed by atoms with E-state index in [0.717, 1.165) is 13.0 Å². The Morgan fingerprint density at radius 2 is 1.87 bits per heavy atom. The highest BCUT2D eigenvalue weighted by Gasteiger charge is 2.07. The minimum atomic E-state index is 0.311. The van der Waals surface area contributed by atoms with Crippen molar-refractivity contribution in [3.8, 4) is 0 Å². The van der Waals surface area contributed by atoms with Gasteiger partial charge in [-0.25, -0.2) is 0 Å². The first kappa shape index (κ1) is 11.8. The zero-order valence-corrected chi connectivity index (χ0v) is 9.83. The SMILES string of the molecule is CC(C)C(=N)N(C)CCc1ccccc1. The summed E-state index contributed by atoms with van der Waals surface area (Å²) in [7, 11) is 1.99. The summed E-state index contributed by atoms with van der Waals surface area (Å²) in [5.74, 6) is 1.02. The quantitative estimate of drug-likeness (QED) is 0.592. The van der Waals surface area contributed by atoms with Gasteiger partial charge in [-0.2, -0.15) is 0 Å². The first-order valence-corrected chi connectivity index (χ1v) is 5.44. The molecule has 0 saturated heterocycles. The van der Waals surface area contributed by atoms with Crippen LogP contribution >= 0.6 is 0 Å². The van der Waals surface area contributed by atoms with Crippen LogP contribution in [-0.4, -0.2) is 24.3 Å². The van der Waals surface area contributed by atoms with Crippen LogP contribution in [0.5, 0.6) is 0 Å². The second kappa shape index (κ2) is 5.54. The number of nitrogens with zero attached hydrogens (tertiary/aromatic N) is 1. The zero-order chi connectivity index (χ0) is 11.3. The lowest BCUT2D eigenvalue weighted by atomic mass is 10.1. The Morgan fingerprint density at radius 3 is 2.40 bits per heavy atom. The predicted molar refractivity (Wildman–Crippen MR) is 65.3 cm³/mol. The molecule has 0 aliphatic rings. The van der Waals surface area contributed by atoms with Crippen LogP contribution in [0.4, 0.5) is 0 Å².